The zero-order chi connectivity index (χ0) is 34.9. The minimum Gasteiger partial charge on any atom is -0.656 e. The maximum absolute atomic E-state index is 11.9. The SMILES string of the molecule is CCCC1=C(C)c2nc1cc1[n-]c(c(C)c1CCC)c(NCC(=O)O)c1nc(cc3[n-]c(c(C)c3CC)c2NCC(=O)[O-])C(C)=C1CC.[Co+2].[Na+]. The summed E-state index contributed by atoms with van der Waals surface area (Å²) in [7, 11) is 0. The van der Waals surface area contributed by atoms with Gasteiger partial charge in [-0.25, -0.2) is 9.97 Å². The predicted octanol–water partition coefficient (Wildman–Crippen LogP) is 3.44. The van der Waals surface area contributed by atoms with E-state index in [1.807, 2.05) is 39.8 Å². The van der Waals surface area contributed by atoms with E-state index < -0.39 is 11.9 Å². The molecule has 1 radical (unpaired) electrons. The van der Waals surface area contributed by atoms with Crippen molar-refractivity contribution >= 4 is 67.7 Å². The number of carbonyl (C=O) groups excluding carboxylic acids is 1. The monoisotopic (exact) mass is 731 g/mol. The third-order valence-corrected chi connectivity index (χ3v) is 9.43. The number of nitrogens with zero attached hydrogens (tertiary/aromatic N) is 4. The number of aromatic nitrogens is 4. The summed E-state index contributed by atoms with van der Waals surface area (Å²) >= 11 is 0. The van der Waals surface area contributed by atoms with Crippen molar-refractivity contribution in [3.63, 3.8) is 0 Å². The number of hydrogen-bond acceptors (Lipinski definition) is 7. The molecule has 0 spiro atoms. The van der Waals surface area contributed by atoms with Crippen LogP contribution >= 0.6 is 0 Å². The van der Waals surface area contributed by atoms with Crippen LogP contribution in [0.3, 0.4) is 0 Å². The second-order valence-electron chi connectivity index (χ2n) is 12.5. The summed E-state index contributed by atoms with van der Waals surface area (Å²) < 4.78 is 0. The first-order valence-corrected chi connectivity index (χ1v) is 16.9. The quantitative estimate of drug-likeness (QED) is 0.236. The number of carboxylic acids is 2. The molecular formula is C38H45CoN6NaO4. The van der Waals surface area contributed by atoms with Crippen molar-refractivity contribution in [2.75, 3.05) is 23.7 Å². The van der Waals surface area contributed by atoms with Gasteiger partial charge in [-0.3, -0.25) is 4.79 Å². The topological polar surface area (TPSA) is 155 Å². The summed E-state index contributed by atoms with van der Waals surface area (Å²) in [6.45, 7) is 15.8. The molecule has 0 amide bonds. The molecule has 2 aliphatic rings. The largest absolute Gasteiger partial charge is 2.00 e. The summed E-state index contributed by atoms with van der Waals surface area (Å²) in [5.74, 6) is -2.20. The molecule has 10 nitrogen and oxygen atoms in total. The van der Waals surface area contributed by atoms with E-state index in [1.165, 1.54) is 0 Å². The Kier molecular flexibility index (Phi) is 14.2. The molecular weight excluding hydrogens is 686 g/mol. The van der Waals surface area contributed by atoms with Crippen LogP contribution in [0, 0.1) is 13.8 Å². The van der Waals surface area contributed by atoms with Crippen molar-refractivity contribution in [1.82, 2.24) is 19.9 Å². The van der Waals surface area contributed by atoms with E-state index >= 15 is 0 Å². The van der Waals surface area contributed by atoms with Crippen molar-refractivity contribution in [2.24, 2.45) is 0 Å². The number of allylic oxidation sites excluding steroid dienone is 4. The molecule has 50 heavy (non-hydrogen) atoms. The molecule has 0 aromatic carbocycles. The zero-order valence-electron chi connectivity index (χ0n) is 30.6. The fraction of sp³-hybridized carbons (Fsp3) is 0.421. The van der Waals surface area contributed by atoms with E-state index in [2.05, 4.69) is 38.3 Å². The molecule has 2 aliphatic heterocycles. The Morgan fingerprint density at radius 2 is 1.28 bits per heavy atom. The number of fused-ring (bicyclic) bond motifs is 8. The molecule has 3 N–H and O–H groups in total. The first-order chi connectivity index (χ1) is 22.9. The van der Waals surface area contributed by atoms with Crippen LogP contribution in [-0.4, -0.2) is 40.1 Å². The van der Waals surface area contributed by atoms with Gasteiger partial charge in [0.25, 0.3) is 0 Å². The molecule has 0 saturated carbocycles. The van der Waals surface area contributed by atoms with Crippen LogP contribution in [-0.2, 0) is 39.2 Å². The maximum atomic E-state index is 11.9. The van der Waals surface area contributed by atoms with Crippen LogP contribution in [0.2, 0.25) is 0 Å². The number of carboxylic acid groups (broad SMARTS) is 2. The second-order valence-corrected chi connectivity index (χ2v) is 12.5. The van der Waals surface area contributed by atoms with Gasteiger partial charge in [0.1, 0.15) is 6.54 Å². The summed E-state index contributed by atoms with van der Waals surface area (Å²) in [4.78, 5) is 44.2. The third kappa shape index (κ3) is 7.77. The van der Waals surface area contributed by atoms with E-state index in [0.717, 1.165) is 92.7 Å². The van der Waals surface area contributed by atoms with Crippen molar-refractivity contribution in [3.8, 4) is 0 Å². The van der Waals surface area contributed by atoms with Crippen molar-refractivity contribution in [1.29, 1.82) is 0 Å². The Balaban J connectivity index is 0.00000338. The van der Waals surface area contributed by atoms with E-state index in [-0.39, 0.29) is 59.4 Å². The first kappa shape index (κ1) is 41.1. The minimum absolute atomic E-state index is 0. The van der Waals surface area contributed by atoms with Gasteiger partial charge >= 0.3 is 52.3 Å². The smallest absolute Gasteiger partial charge is 0.656 e. The molecule has 0 fully saturated rings. The van der Waals surface area contributed by atoms with Crippen molar-refractivity contribution < 1.29 is 66.1 Å². The predicted molar refractivity (Wildman–Crippen MR) is 192 cm³/mol. The Labute approximate surface area is 326 Å². The molecule has 0 unspecified atom stereocenters. The number of aliphatic carboxylic acids is 2. The molecule has 0 atom stereocenters. The van der Waals surface area contributed by atoms with Crippen molar-refractivity contribution in [2.45, 2.75) is 93.9 Å². The summed E-state index contributed by atoms with van der Waals surface area (Å²) in [6.07, 6.45) is 4.73. The number of hydrogen-bond donors (Lipinski definition) is 3. The van der Waals surface area contributed by atoms with Crippen LogP contribution in [0.1, 0.15) is 112 Å². The van der Waals surface area contributed by atoms with Gasteiger partial charge in [-0.1, -0.05) is 74.9 Å². The Morgan fingerprint density at radius 3 is 1.84 bits per heavy atom. The van der Waals surface area contributed by atoms with E-state index in [4.69, 9.17) is 19.9 Å². The number of aryl methyl sites for hydroxylation is 4. The van der Waals surface area contributed by atoms with Crippen LogP contribution in [0.15, 0.2) is 12.1 Å². The zero-order valence-corrected chi connectivity index (χ0v) is 33.6. The Hall–Kier alpha value is -3.35. The minimum atomic E-state index is -1.22. The molecule has 12 heteroatoms. The van der Waals surface area contributed by atoms with E-state index in [0.29, 0.717) is 46.6 Å². The third-order valence-electron chi connectivity index (χ3n) is 9.43. The second kappa shape index (κ2) is 17.2. The van der Waals surface area contributed by atoms with Crippen molar-refractivity contribution in [3.05, 3.63) is 57.2 Å². The Bertz CT molecular complexity index is 2040. The fourth-order valence-corrected chi connectivity index (χ4v) is 7.01. The van der Waals surface area contributed by atoms with Gasteiger partial charge in [0.05, 0.1) is 35.3 Å². The summed E-state index contributed by atoms with van der Waals surface area (Å²) in [5.41, 5.74) is 14.9. The van der Waals surface area contributed by atoms with Gasteiger partial charge < -0.3 is 35.6 Å². The van der Waals surface area contributed by atoms with E-state index in [9.17, 15) is 19.8 Å². The first-order valence-electron chi connectivity index (χ1n) is 16.9. The van der Waals surface area contributed by atoms with Gasteiger partial charge in [0.15, 0.2) is 0 Å². The normalized spacial score (nSPS) is 12.5. The number of carbonyl (C=O) groups is 2. The van der Waals surface area contributed by atoms with Gasteiger partial charge in [0.2, 0.25) is 0 Å². The molecule has 5 heterocycles. The van der Waals surface area contributed by atoms with Gasteiger partial charge in [-0.15, -0.1) is 22.1 Å². The molecule has 0 saturated heterocycles. The summed E-state index contributed by atoms with van der Waals surface area (Å²) in [6, 6.07) is 4.01. The average Bonchev–Trinajstić information content (AvgIpc) is 3.72. The van der Waals surface area contributed by atoms with Crippen LogP contribution < -0.4 is 55.3 Å². The van der Waals surface area contributed by atoms with Gasteiger partial charge in [-0.05, 0) is 75.7 Å². The van der Waals surface area contributed by atoms with E-state index in [1.54, 1.807) is 0 Å². The molecule has 3 aromatic rings. The molecule has 261 valence electrons. The summed E-state index contributed by atoms with van der Waals surface area (Å²) in [5, 5.41) is 27.8. The maximum Gasteiger partial charge on any atom is 2.00 e. The van der Waals surface area contributed by atoms with Crippen LogP contribution in [0.5, 0.6) is 0 Å². The molecule has 5 rings (SSSR count). The average molecular weight is 732 g/mol. The van der Waals surface area contributed by atoms with Gasteiger partial charge in [-0.2, -0.15) is 0 Å². The number of rotatable bonds is 12. The fourth-order valence-electron chi connectivity index (χ4n) is 7.01. The van der Waals surface area contributed by atoms with Crippen LogP contribution in [0.4, 0.5) is 11.4 Å². The number of nitrogens with one attached hydrogen (secondary N) is 2. The van der Waals surface area contributed by atoms with Crippen LogP contribution in [0.25, 0.3) is 44.4 Å². The Morgan fingerprint density at radius 1 is 0.740 bits per heavy atom. The molecule has 0 aliphatic carbocycles. The van der Waals surface area contributed by atoms with Gasteiger partial charge in [0, 0.05) is 11.4 Å². The standard InChI is InChI=1S/C38H48N6O4.Co.Na/c1-9-13-25-21(7)34-37(39-17-31(45)46)33-20(6)23(11-3)28(42-33)15-27-19(5)24(12-4)36(41-27)38(40-18-32(47)48)35-22(8)26(14-10-2)30(44-35)16-29(25)43-34;;/h15-16H,9-14,17-18H2,1-8H3,(H6,39,40,41,42,43,44,45,46,47,48);;/q;+2;+1/p-3. The number of anilines is 2. The molecule has 3 aromatic heterocycles. The molecule has 8 bridgehead atoms.